The lowest BCUT2D eigenvalue weighted by Gasteiger charge is -2.32. The van der Waals surface area contributed by atoms with E-state index in [2.05, 4.69) is 55.7 Å². The summed E-state index contributed by atoms with van der Waals surface area (Å²) >= 11 is 0. The molecule has 1 aliphatic rings. The van der Waals surface area contributed by atoms with E-state index in [1.54, 1.807) is 4.31 Å². The van der Waals surface area contributed by atoms with Crippen LogP contribution in [-0.4, -0.2) is 56.7 Å². The van der Waals surface area contributed by atoms with Crippen molar-refractivity contribution in [3.63, 3.8) is 0 Å². The van der Waals surface area contributed by atoms with Crippen LogP contribution in [0.4, 0.5) is 0 Å². The molecule has 8 heteroatoms. The van der Waals surface area contributed by atoms with Crippen LogP contribution in [0.25, 0.3) is 0 Å². The Hall–Kier alpha value is -0.870. The maximum Gasteiger partial charge on any atom is 0.214 e. The van der Waals surface area contributed by atoms with E-state index in [-0.39, 0.29) is 35.8 Å². The Morgan fingerprint density at radius 1 is 1.28 bits per heavy atom. The van der Waals surface area contributed by atoms with Crippen LogP contribution in [0.15, 0.2) is 29.3 Å². The number of hydrogen-bond acceptors (Lipinski definition) is 3. The molecule has 1 heterocycles. The Morgan fingerprint density at radius 3 is 2.55 bits per heavy atom. The number of sulfonamides is 1. The number of nitrogens with zero attached hydrogens (tertiary/aromatic N) is 2. The van der Waals surface area contributed by atoms with Crippen LogP contribution >= 0.6 is 24.0 Å². The lowest BCUT2D eigenvalue weighted by atomic mass is 10.00. The van der Waals surface area contributed by atoms with Gasteiger partial charge in [-0.3, -0.25) is 4.99 Å². The molecule has 1 fully saturated rings. The minimum Gasteiger partial charge on any atom is -0.357 e. The van der Waals surface area contributed by atoms with Gasteiger partial charge in [0.15, 0.2) is 5.96 Å². The molecular weight excluding hydrogens is 499 g/mol. The van der Waals surface area contributed by atoms with E-state index in [0.29, 0.717) is 32.0 Å². The van der Waals surface area contributed by atoms with E-state index in [9.17, 15) is 8.42 Å². The number of benzene rings is 1. The monoisotopic (exact) mass is 536 g/mol. The van der Waals surface area contributed by atoms with Crippen LogP contribution in [0.5, 0.6) is 0 Å². The third kappa shape index (κ3) is 8.41. The van der Waals surface area contributed by atoms with Crippen molar-refractivity contribution in [1.29, 1.82) is 0 Å². The third-order valence-electron chi connectivity index (χ3n) is 5.13. The van der Waals surface area contributed by atoms with Gasteiger partial charge in [0, 0.05) is 38.1 Å². The second kappa shape index (κ2) is 12.7. The van der Waals surface area contributed by atoms with Crippen LogP contribution in [0, 0.1) is 6.92 Å². The van der Waals surface area contributed by atoms with Gasteiger partial charge < -0.3 is 10.6 Å². The van der Waals surface area contributed by atoms with Gasteiger partial charge in [-0.2, -0.15) is 0 Å². The number of aryl methyl sites for hydroxylation is 1. The first-order chi connectivity index (χ1) is 13.4. The molecule has 2 rings (SSSR count). The molecule has 0 radical (unpaired) electrons. The number of guanidine groups is 1. The summed E-state index contributed by atoms with van der Waals surface area (Å²) in [4.78, 5) is 4.77. The molecule has 1 aromatic carbocycles. The molecule has 1 aliphatic heterocycles. The van der Waals surface area contributed by atoms with Gasteiger partial charge in [-0.1, -0.05) is 43.7 Å². The summed E-state index contributed by atoms with van der Waals surface area (Å²) < 4.78 is 26.1. The van der Waals surface area contributed by atoms with Crippen molar-refractivity contribution in [2.75, 3.05) is 31.9 Å². The minimum absolute atomic E-state index is 0. The minimum atomic E-state index is -3.09. The molecule has 0 aliphatic carbocycles. The first-order valence-electron chi connectivity index (χ1n) is 10.4. The van der Waals surface area contributed by atoms with E-state index in [1.807, 2.05) is 6.92 Å². The molecule has 6 nitrogen and oxygen atoms in total. The highest BCUT2D eigenvalue weighted by Gasteiger charge is 2.27. The molecule has 0 amide bonds. The zero-order valence-corrected chi connectivity index (χ0v) is 21.3. The average molecular weight is 537 g/mol. The van der Waals surface area contributed by atoms with E-state index in [4.69, 9.17) is 4.99 Å². The van der Waals surface area contributed by atoms with Gasteiger partial charge >= 0.3 is 0 Å². The summed E-state index contributed by atoms with van der Waals surface area (Å²) in [5.74, 6) is 1.40. The number of nitrogens with one attached hydrogen (secondary N) is 2. The maximum absolute atomic E-state index is 12.2. The first kappa shape index (κ1) is 26.2. The van der Waals surface area contributed by atoms with Gasteiger partial charge in [-0.25, -0.2) is 12.7 Å². The predicted molar refractivity (Wildman–Crippen MR) is 133 cm³/mol. The number of aliphatic imine (C=N–C) groups is 1. The second-order valence-corrected chi connectivity index (χ2v) is 9.76. The van der Waals surface area contributed by atoms with Crippen LogP contribution < -0.4 is 10.6 Å². The normalized spacial score (nSPS) is 17.4. The topological polar surface area (TPSA) is 73.8 Å². The summed E-state index contributed by atoms with van der Waals surface area (Å²) in [5, 5.41) is 6.81. The first-order valence-corrected chi connectivity index (χ1v) is 12.1. The SMILES string of the molecule is CCCS(=O)(=O)N1CCC(NC(=NCC(C)c2cccc(C)c2)NCC)CC1.I. The van der Waals surface area contributed by atoms with Gasteiger partial charge in [-0.15, -0.1) is 24.0 Å². The van der Waals surface area contributed by atoms with Gasteiger partial charge in [-0.05, 0) is 38.7 Å². The molecule has 1 aromatic rings. The zero-order valence-electron chi connectivity index (χ0n) is 18.1. The van der Waals surface area contributed by atoms with Crippen molar-refractivity contribution in [2.45, 2.75) is 58.9 Å². The molecule has 1 saturated heterocycles. The highest BCUT2D eigenvalue weighted by atomic mass is 127. The molecule has 0 saturated carbocycles. The summed E-state index contributed by atoms with van der Waals surface area (Å²) in [7, 11) is -3.09. The Labute approximate surface area is 194 Å². The second-order valence-electron chi connectivity index (χ2n) is 7.67. The quantitative estimate of drug-likeness (QED) is 0.303. The van der Waals surface area contributed by atoms with Crippen LogP contribution in [0.3, 0.4) is 0 Å². The number of rotatable bonds is 8. The Balaban J connectivity index is 0.00000420. The van der Waals surface area contributed by atoms with Crippen molar-refractivity contribution >= 4 is 40.0 Å². The van der Waals surface area contributed by atoms with E-state index >= 15 is 0 Å². The van der Waals surface area contributed by atoms with Crippen LogP contribution in [-0.2, 0) is 10.0 Å². The zero-order chi connectivity index (χ0) is 20.6. The Morgan fingerprint density at radius 2 is 1.97 bits per heavy atom. The van der Waals surface area contributed by atoms with E-state index in [0.717, 1.165) is 25.3 Å². The number of halogens is 1. The van der Waals surface area contributed by atoms with Crippen molar-refractivity contribution < 1.29 is 8.42 Å². The highest BCUT2D eigenvalue weighted by molar-refractivity contribution is 14.0. The summed E-state index contributed by atoms with van der Waals surface area (Å²) in [6.45, 7) is 10.9. The predicted octanol–water partition coefficient (Wildman–Crippen LogP) is 3.48. The summed E-state index contributed by atoms with van der Waals surface area (Å²) in [6.07, 6.45) is 2.28. The molecular formula is C21H37IN4O2S. The fraction of sp³-hybridized carbons (Fsp3) is 0.667. The molecule has 2 N–H and O–H groups in total. The van der Waals surface area contributed by atoms with Gasteiger partial charge in [0.1, 0.15) is 0 Å². The van der Waals surface area contributed by atoms with Gasteiger partial charge in [0.2, 0.25) is 10.0 Å². The standard InChI is InChI=1S/C21H36N4O2S.HI/c1-5-14-28(26,27)25-12-10-20(11-13-25)24-21(22-6-2)23-16-18(4)19-9-7-8-17(3)15-19;/h7-9,15,18,20H,5-6,10-14,16H2,1-4H3,(H2,22,23,24);1H. The lowest BCUT2D eigenvalue weighted by Crippen LogP contribution is -2.50. The van der Waals surface area contributed by atoms with Crippen LogP contribution in [0.2, 0.25) is 0 Å². The third-order valence-corrected chi connectivity index (χ3v) is 7.20. The van der Waals surface area contributed by atoms with E-state index < -0.39 is 10.0 Å². The molecule has 0 aromatic heterocycles. The summed E-state index contributed by atoms with van der Waals surface area (Å²) in [5.41, 5.74) is 2.57. The summed E-state index contributed by atoms with van der Waals surface area (Å²) in [6, 6.07) is 8.82. The van der Waals surface area contributed by atoms with Crippen molar-refractivity contribution in [3.8, 4) is 0 Å². The molecule has 1 unspecified atom stereocenters. The smallest absolute Gasteiger partial charge is 0.214 e. The number of hydrogen-bond donors (Lipinski definition) is 2. The van der Waals surface area contributed by atoms with Crippen molar-refractivity contribution in [2.24, 2.45) is 4.99 Å². The van der Waals surface area contributed by atoms with Gasteiger partial charge in [0.05, 0.1) is 5.75 Å². The lowest BCUT2D eigenvalue weighted by molar-refractivity contribution is 0.306. The average Bonchev–Trinajstić information content (AvgIpc) is 2.66. The highest BCUT2D eigenvalue weighted by Crippen LogP contribution is 2.17. The maximum atomic E-state index is 12.2. The Bertz CT molecular complexity index is 747. The fourth-order valence-corrected chi connectivity index (χ4v) is 5.03. The van der Waals surface area contributed by atoms with Crippen molar-refractivity contribution in [1.82, 2.24) is 14.9 Å². The molecule has 166 valence electrons. The van der Waals surface area contributed by atoms with Crippen LogP contribution in [0.1, 0.15) is 57.1 Å². The Kier molecular flexibility index (Phi) is 11.5. The van der Waals surface area contributed by atoms with Crippen molar-refractivity contribution in [3.05, 3.63) is 35.4 Å². The molecule has 29 heavy (non-hydrogen) atoms. The fourth-order valence-electron chi connectivity index (χ4n) is 3.49. The van der Waals surface area contributed by atoms with E-state index in [1.165, 1.54) is 11.1 Å². The number of piperidine rings is 1. The molecule has 1 atom stereocenters. The molecule has 0 bridgehead atoms. The van der Waals surface area contributed by atoms with Gasteiger partial charge in [0.25, 0.3) is 0 Å². The molecule has 0 spiro atoms. The largest absolute Gasteiger partial charge is 0.357 e.